The molecule has 2 aromatic carbocycles. The van der Waals surface area contributed by atoms with Crippen molar-refractivity contribution >= 4 is 10.0 Å². The molecule has 0 saturated heterocycles. The Bertz CT molecular complexity index is 787. The van der Waals surface area contributed by atoms with E-state index < -0.39 is 10.0 Å². The normalized spacial score (nSPS) is 12.7. The number of nitrogens with one attached hydrogen (secondary N) is 1. The Morgan fingerprint density at radius 2 is 1.74 bits per heavy atom. The third kappa shape index (κ3) is 3.83. The Kier molecular flexibility index (Phi) is 5.28. The van der Waals surface area contributed by atoms with Crippen LogP contribution in [0.2, 0.25) is 0 Å². The van der Waals surface area contributed by atoms with Crippen LogP contribution in [-0.4, -0.2) is 22.6 Å². The summed E-state index contributed by atoms with van der Waals surface area (Å²) in [7, 11) is -0.831. The number of sulfonamides is 1. The van der Waals surface area contributed by atoms with Crippen LogP contribution in [0.5, 0.6) is 11.5 Å². The molecule has 1 atom stereocenters. The maximum Gasteiger partial charge on any atom is 0.244 e. The number of methoxy groups -OCH3 is 2. The lowest BCUT2D eigenvalue weighted by molar-refractivity contribution is 0.391. The average Bonchev–Trinajstić information content (AvgIpc) is 2.54. The van der Waals surface area contributed by atoms with Crippen molar-refractivity contribution in [2.45, 2.75) is 24.8 Å². The molecular formula is C17H21NO4S. The summed E-state index contributed by atoms with van der Waals surface area (Å²) < 4.78 is 38.4. The predicted octanol–water partition coefficient (Wildman–Crippen LogP) is 3.05. The van der Waals surface area contributed by atoms with Crippen molar-refractivity contribution in [1.82, 2.24) is 4.72 Å². The van der Waals surface area contributed by atoms with Crippen LogP contribution in [0.25, 0.3) is 0 Å². The fourth-order valence-electron chi connectivity index (χ4n) is 2.43. The molecule has 0 aliphatic rings. The highest BCUT2D eigenvalue weighted by molar-refractivity contribution is 7.89. The van der Waals surface area contributed by atoms with Gasteiger partial charge in [0.25, 0.3) is 0 Å². The molecule has 0 saturated carbocycles. The summed E-state index contributed by atoms with van der Waals surface area (Å²) in [6, 6.07) is 12.0. The molecule has 0 bridgehead atoms. The van der Waals surface area contributed by atoms with Gasteiger partial charge in [0.15, 0.2) is 0 Å². The van der Waals surface area contributed by atoms with Crippen molar-refractivity contribution in [2.24, 2.45) is 0 Å². The molecule has 0 fully saturated rings. The van der Waals surface area contributed by atoms with Gasteiger partial charge in [-0.05, 0) is 37.1 Å². The Labute approximate surface area is 137 Å². The molecule has 0 aromatic heterocycles. The van der Waals surface area contributed by atoms with E-state index in [2.05, 4.69) is 4.72 Å². The van der Waals surface area contributed by atoms with Gasteiger partial charge in [0.2, 0.25) is 10.0 Å². The highest BCUT2D eigenvalue weighted by Crippen LogP contribution is 2.29. The van der Waals surface area contributed by atoms with Gasteiger partial charge < -0.3 is 9.47 Å². The Hall–Kier alpha value is -2.05. The Morgan fingerprint density at radius 3 is 2.35 bits per heavy atom. The first-order valence-electron chi connectivity index (χ1n) is 7.19. The van der Waals surface area contributed by atoms with Crippen molar-refractivity contribution < 1.29 is 17.9 Å². The van der Waals surface area contributed by atoms with Gasteiger partial charge in [0.1, 0.15) is 16.4 Å². The van der Waals surface area contributed by atoms with Gasteiger partial charge in [-0.25, -0.2) is 13.1 Å². The lowest BCUT2D eigenvalue weighted by Gasteiger charge is -2.18. The number of benzene rings is 2. The number of rotatable bonds is 6. The number of hydrogen-bond donors (Lipinski definition) is 1. The largest absolute Gasteiger partial charge is 0.497 e. The maximum atomic E-state index is 12.7. The fraction of sp³-hybridized carbons (Fsp3) is 0.294. The van der Waals surface area contributed by atoms with Crippen molar-refractivity contribution in [3.8, 4) is 11.5 Å². The van der Waals surface area contributed by atoms with Crippen LogP contribution >= 0.6 is 0 Å². The Balaban J connectivity index is 2.37. The smallest absolute Gasteiger partial charge is 0.244 e. The third-order valence-corrected chi connectivity index (χ3v) is 5.21. The second kappa shape index (κ2) is 7.02. The highest BCUT2D eigenvalue weighted by Gasteiger charge is 2.23. The SMILES string of the molecule is COc1ccc(OC)c(S(=O)(=O)NC(C)c2ccccc2C)c1. The van der Waals surface area contributed by atoms with E-state index in [9.17, 15) is 8.42 Å². The molecule has 2 rings (SSSR count). The molecule has 0 radical (unpaired) electrons. The van der Waals surface area contributed by atoms with Gasteiger partial charge >= 0.3 is 0 Å². The first-order valence-corrected chi connectivity index (χ1v) is 8.67. The van der Waals surface area contributed by atoms with Gasteiger partial charge in [-0.15, -0.1) is 0 Å². The van der Waals surface area contributed by atoms with E-state index in [1.54, 1.807) is 12.1 Å². The fourth-order valence-corrected chi connectivity index (χ4v) is 3.83. The molecule has 0 heterocycles. The Morgan fingerprint density at radius 1 is 1.04 bits per heavy atom. The molecule has 1 unspecified atom stereocenters. The minimum absolute atomic E-state index is 0.0554. The van der Waals surface area contributed by atoms with Crippen LogP contribution in [-0.2, 0) is 10.0 Å². The van der Waals surface area contributed by atoms with Gasteiger partial charge in [-0.1, -0.05) is 24.3 Å². The molecule has 0 spiro atoms. The van der Waals surface area contributed by atoms with Crippen molar-refractivity contribution in [2.75, 3.05) is 14.2 Å². The summed E-state index contributed by atoms with van der Waals surface area (Å²) in [5, 5.41) is 0. The molecule has 6 heteroatoms. The number of aryl methyl sites for hydroxylation is 1. The second-order valence-corrected chi connectivity index (χ2v) is 6.90. The van der Waals surface area contributed by atoms with Crippen molar-refractivity contribution in [3.63, 3.8) is 0 Å². The minimum Gasteiger partial charge on any atom is -0.497 e. The molecule has 23 heavy (non-hydrogen) atoms. The topological polar surface area (TPSA) is 64.6 Å². The maximum absolute atomic E-state index is 12.7. The molecule has 0 aliphatic heterocycles. The van der Waals surface area contributed by atoms with Crippen LogP contribution in [0.15, 0.2) is 47.4 Å². The molecule has 1 N–H and O–H groups in total. The van der Waals surface area contributed by atoms with Gasteiger partial charge in [0, 0.05) is 12.1 Å². The summed E-state index contributed by atoms with van der Waals surface area (Å²) >= 11 is 0. The van der Waals surface area contributed by atoms with Crippen molar-refractivity contribution in [1.29, 1.82) is 0 Å². The van der Waals surface area contributed by atoms with Crippen molar-refractivity contribution in [3.05, 3.63) is 53.6 Å². The second-order valence-electron chi connectivity index (χ2n) is 5.22. The van der Waals surface area contributed by atoms with E-state index in [4.69, 9.17) is 9.47 Å². The van der Waals surface area contributed by atoms with Crippen LogP contribution in [0.3, 0.4) is 0 Å². The minimum atomic E-state index is -3.75. The van der Waals surface area contributed by atoms with Crippen LogP contribution in [0.1, 0.15) is 24.1 Å². The first kappa shape index (κ1) is 17.3. The summed E-state index contributed by atoms with van der Waals surface area (Å²) in [6.45, 7) is 3.76. The average molecular weight is 335 g/mol. The van der Waals surface area contributed by atoms with E-state index in [1.807, 2.05) is 38.1 Å². The zero-order valence-electron chi connectivity index (χ0n) is 13.7. The van der Waals surface area contributed by atoms with Gasteiger partial charge in [0.05, 0.1) is 14.2 Å². The lowest BCUT2D eigenvalue weighted by Crippen LogP contribution is -2.27. The quantitative estimate of drug-likeness (QED) is 0.881. The molecule has 0 amide bonds. The molecule has 124 valence electrons. The molecule has 2 aromatic rings. The van der Waals surface area contributed by atoms with Gasteiger partial charge in [-0.3, -0.25) is 0 Å². The van der Waals surface area contributed by atoms with E-state index in [1.165, 1.54) is 20.3 Å². The zero-order valence-corrected chi connectivity index (χ0v) is 14.5. The van der Waals surface area contributed by atoms with E-state index in [0.29, 0.717) is 5.75 Å². The summed E-state index contributed by atoms with van der Waals surface area (Å²) in [5.74, 6) is 0.727. The number of hydrogen-bond acceptors (Lipinski definition) is 4. The molecule has 5 nitrogen and oxygen atoms in total. The third-order valence-electron chi connectivity index (χ3n) is 3.65. The predicted molar refractivity (Wildman–Crippen MR) is 89.5 cm³/mol. The van der Waals surface area contributed by atoms with E-state index in [-0.39, 0.29) is 16.7 Å². The van der Waals surface area contributed by atoms with Gasteiger partial charge in [-0.2, -0.15) is 0 Å². The summed E-state index contributed by atoms with van der Waals surface area (Å²) in [5.41, 5.74) is 1.96. The summed E-state index contributed by atoms with van der Waals surface area (Å²) in [6.07, 6.45) is 0. The monoisotopic (exact) mass is 335 g/mol. The summed E-state index contributed by atoms with van der Waals surface area (Å²) in [4.78, 5) is 0.0554. The zero-order chi connectivity index (χ0) is 17.0. The first-order chi connectivity index (χ1) is 10.9. The van der Waals surface area contributed by atoms with Crippen LogP contribution in [0.4, 0.5) is 0 Å². The molecule has 0 aliphatic carbocycles. The van der Waals surface area contributed by atoms with Crippen LogP contribution in [0, 0.1) is 6.92 Å². The standard InChI is InChI=1S/C17H21NO4S/c1-12-7-5-6-8-15(12)13(2)18-23(19,20)17-11-14(21-3)9-10-16(17)22-4/h5-11,13,18H,1-4H3. The van der Waals surface area contributed by atoms with Crippen LogP contribution < -0.4 is 14.2 Å². The highest BCUT2D eigenvalue weighted by atomic mass is 32.2. The van der Waals surface area contributed by atoms with E-state index >= 15 is 0 Å². The molecular weight excluding hydrogens is 314 g/mol. The number of ether oxygens (including phenoxy) is 2. The van der Waals surface area contributed by atoms with E-state index in [0.717, 1.165) is 11.1 Å². The lowest BCUT2D eigenvalue weighted by atomic mass is 10.0.